The summed E-state index contributed by atoms with van der Waals surface area (Å²) in [7, 11) is 3.38. The van der Waals surface area contributed by atoms with Gasteiger partial charge < -0.3 is 25.4 Å². The number of halogens is 1. The second kappa shape index (κ2) is 13.0. The number of nitrogens with two attached hydrogens (primary N) is 1. The van der Waals surface area contributed by atoms with Crippen molar-refractivity contribution in [1.29, 1.82) is 0 Å². The number of hydrogen-bond donors (Lipinski definition) is 2. The summed E-state index contributed by atoms with van der Waals surface area (Å²) in [5.74, 6) is 1.40. The molecule has 0 aromatic heterocycles. The second-order valence-corrected chi connectivity index (χ2v) is 6.65. The Balaban J connectivity index is 0.00000364. The molecule has 1 atom stereocenters. The maximum absolute atomic E-state index is 5.88. The van der Waals surface area contributed by atoms with Gasteiger partial charge in [0.2, 0.25) is 0 Å². The molecule has 1 aliphatic rings. The summed E-state index contributed by atoms with van der Waals surface area (Å²) in [5, 5.41) is 3.12. The van der Waals surface area contributed by atoms with E-state index in [0.29, 0.717) is 12.6 Å². The molecule has 8 heteroatoms. The van der Waals surface area contributed by atoms with Crippen molar-refractivity contribution in [2.45, 2.75) is 19.4 Å². The Bertz CT molecular complexity index is 548. The highest BCUT2D eigenvalue weighted by atomic mass is 127. The molecule has 154 valence electrons. The largest absolute Gasteiger partial charge is 0.497 e. The Morgan fingerprint density at radius 1 is 1.19 bits per heavy atom. The molecule has 27 heavy (non-hydrogen) atoms. The van der Waals surface area contributed by atoms with Gasteiger partial charge in [0.05, 0.1) is 13.7 Å². The topological polar surface area (TPSA) is 75.4 Å². The quantitative estimate of drug-likeness (QED) is 0.238. The minimum Gasteiger partial charge on any atom is -0.497 e. The summed E-state index contributed by atoms with van der Waals surface area (Å²) >= 11 is 0. The van der Waals surface area contributed by atoms with E-state index >= 15 is 0 Å². The highest BCUT2D eigenvalue weighted by Crippen LogP contribution is 2.20. The molecule has 0 amide bonds. The van der Waals surface area contributed by atoms with Gasteiger partial charge in [-0.05, 0) is 37.6 Å². The van der Waals surface area contributed by atoms with E-state index in [0.717, 1.165) is 51.4 Å². The number of nitrogens with one attached hydrogen (secondary N) is 1. The van der Waals surface area contributed by atoms with E-state index in [1.165, 1.54) is 5.69 Å². The summed E-state index contributed by atoms with van der Waals surface area (Å²) in [6.45, 7) is 8.70. The van der Waals surface area contributed by atoms with Crippen molar-refractivity contribution in [2.75, 3.05) is 65.0 Å². The summed E-state index contributed by atoms with van der Waals surface area (Å²) < 4.78 is 10.3. The minimum absolute atomic E-state index is 0. The number of piperazine rings is 1. The van der Waals surface area contributed by atoms with Crippen LogP contribution in [0.4, 0.5) is 5.69 Å². The fourth-order valence-electron chi connectivity index (χ4n) is 3.11. The molecule has 1 unspecified atom stereocenters. The average Bonchev–Trinajstić information content (AvgIpc) is 2.66. The first-order chi connectivity index (χ1) is 12.6. The van der Waals surface area contributed by atoms with Crippen molar-refractivity contribution >= 4 is 35.6 Å². The van der Waals surface area contributed by atoms with Gasteiger partial charge in [0.1, 0.15) is 5.75 Å². The van der Waals surface area contributed by atoms with Crippen LogP contribution in [0.1, 0.15) is 13.3 Å². The highest BCUT2D eigenvalue weighted by Gasteiger charge is 2.16. The van der Waals surface area contributed by atoms with Crippen molar-refractivity contribution < 1.29 is 9.47 Å². The molecule has 1 aromatic carbocycles. The number of benzene rings is 1. The molecule has 7 nitrogen and oxygen atoms in total. The third-order valence-electron chi connectivity index (χ3n) is 4.54. The fourth-order valence-corrected chi connectivity index (χ4v) is 3.11. The zero-order valence-electron chi connectivity index (χ0n) is 16.7. The summed E-state index contributed by atoms with van der Waals surface area (Å²) in [5.41, 5.74) is 7.14. The van der Waals surface area contributed by atoms with Crippen LogP contribution in [0.3, 0.4) is 0 Å². The first kappa shape index (κ1) is 23.8. The zero-order valence-corrected chi connectivity index (χ0v) is 19.0. The van der Waals surface area contributed by atoms with E-state index < -0.39 is 0 Å². The van der Waals surface area contributed by atoms with E-state index in [1.807, 2.05) is 19.1 Å². The van der Waals surface area contributed by atoms with Crippen molar-refractivity contribution in [3.8, 4) is 5.75 Å². The maximum atomic E-state index is 5.88. The van der Waals surface area contributed by atoms with E-state index in [-0.39, 0.29) is 30.0 Å². The van der Waals surface area contributed by atoms with Crippen LogP contribution in [0.25, 0.3) is 0 Å². The Hall–Kier alpha value is -1.26. The number of ether oxygens (including phenoxy) is 2. The number of methoxy groups -OCH3 is 2. The van der Waals surface area contributed by atoms with Crippen LogP contribution in [-0.4, -0.2) is 77.0 Å². The number of aliphatic imine (C=N–C) groups is 1. The number of rotatable bonds is 9. The van der Waals surface area contributed by atoms with E-state index in [9.17, 15) is 0 Å². The van der Waals surface area contributed by atoms with Gasteiger partial charge in [0.15, 0.2) is 5.96 Å². The summed E-state index contributed by atoms with van der Waals surface area (Å²) in [6.07, 6.45) is 1.02. The van der Waals surface area contributed by atoms with Gasteiger partial charge in [0, 0.05) is 58.1 Å². The van der Waals surface area contributed by atoms with Crippen LogP contribution in [0.2, 0.25) is 0 Å². The Morgan fingerprint density at radius 2 is 1.85 bits per heavy atom. The van der Waals surface area contributed by atoms with Crippen LogP contribution < -0.4 is 20.7 Å². The predicted molar refractivity (Wildman–Crippen MR) is 123 cm³/mol. The van der Waals surface area contributed by atoms with E-state index in [1.54, 1.807) is 14.2 Å². The first-order valence-corrected chi connectivity index (χ1v) is 9.29. The van der Waals surface area contributed by atoms with Crippen LogP contribution in [-0.2, 0) is 4.74 Å². The monoisotopic (exact) mass is 491 g/mol. The third-order valence-corrected chi connectivity index (χ3v) is 4.54. The molecular weight excluding hydrogens is 457 g/mol. The van der Waals surface area contributed by atoms with Crippen LogP contribution in [0.15, 0.2) is 29.3 Å². The Labute approximate surface area is 180 Å². The lowest BCUT2D eigenvalue weighted by Crippen LogP contribution is -2.46. The normalized spacial score (nSPS) is 16.6. The molecule has 3 N–H and O–H groups in total. The molecule has 0 bridgehead atoms. The van der Waals surface area contributed by atoms with Crippen molar-refractivity contribution in [3.63, 3.8) is 0 Å². The molecule has 0 aliphatic carbocycles. The molecule has 2 rings (SSSR count). The van der Waals surface area contributed by atoms with Gasteiger partial charge in [-0.2, -0.15) is 0 Å². The lowest BCUT2D eigenvalue weighted by atomic mass is 10.2. The predicted octanol–water partition coefficient (Wildman–Crippen LogP) is 1.76. The lowest BCUT2D eigenvalue weighted by Gasteiger charge is -2.36. The van der Waals surface area contributed by atoms with Crippen LogP contribution in [0.5, 0.6) is 5.75 Å². The lowest BCUT2D eigenvalue weighted by molar-refractivity contribution is 0.179. The number of guanidine groups is 1. The summed E-state index contributed by atoms with van der Waals surface area (Å²) in [6, 6.07) is 8.47. The fraction of sp³-hybridized carbons (Fsp3) is 0.632. The molecule has 0 spiro atoms. The van der Waals surface area contributed by atoms with Gasteiger partial charge >= 0.3 is 0 Å². The summed E-state index contributed by atoms with van der Waals surface area (Å²) in [4.78, 5) is 9.31. The van der Waals surface area contributed by atoms with Gasteiger partial charge in [-0.25, -0.2) is 0 Å². The number of nitrogens with zero attached hydrogens (tertiary/aromatic N) is 3. The van der Waals surface area contributed by atoms with Gasteiger partial charge in [-0.1, -0.05) is 0 Å². The Morgan fingerprint density at radius 3 is 2.44 bits per heavy atom. The maximum Gasteiger partial charge on any atom is 0.188 e. The van der Waals surface area contributed by atoms with Crippen LogP contribution >= 0.6 is 24.0 Å². The van der Waals surface area contributed by atoms with Crippen LogP contribution in [0, 0.1) is 0 Å². The molecule has 0 saturated carbocycles. The second-order valence-electron chi connectivity index (χ2n) is 6.65. The Kier molecular flexibility index (Phi) is 11.5. The van der Waals surface area contributed by atoms with E-state index in [2.05, 4.69) is 32.2 Å². The first-order valence-electron chi connectivity index (χ1n) is 9.29. The smallest absolute Gasteiger partial charge is 0.188 e. The van der Waals surface area contributed by atoms with Gasteiger partial charge in [-0.3, -0.25) is 9.89 Å². The molecule has 1 aliphatic heterocycles. The standard InChI is InChI=1S/C19H33N5O2.HI/c1-16(15-25-2)22-19(20)21-9-4-10-23-11-13-24(14-12-23)17-5-7-18(26-3)8-6-17;/h5-8,16H,4,9-15H2,1-3H3,(H3,20,21,22);1H. The molecule has 1 fully saturated rings. The van der Waals surface area contributed by atoms with Gasteiger partial charge in [0.25, 0.3) is 0 Å². The third kappa shape index (κ3) is 8.52. The number of anilines is 1. The van der Waals surface area contributed by atoms with Gasteiger partial charge in [-0.15, -0.1) is 24.0 Å². The highest BCUT2D eigenvalue weighted by molar-refractivity contribution is 14.0. The van der Waals surface area contributed by atoms with Crippen molar-refractivity contribution in [3.05, 3.63) is 24.3 Å². The SMILES string of the molecule is COCC(C)NC(N)=NCCCN1CCN(c2ccc(OC)cc2)CC1.I. The molecule has 1 saturated heterocycles. The van der Waals surface area contributed by atoms with Crippen molar-refractivity contribution in [2.24, 2.45) is 10.7 Å². The van der Waals surface area contributed by atoms with E-state index in [4.69, 9.17) is 15.2 Å². The minimum atomic E-state index is 0. The average molecular weight is 491 g/mol. The molecular formula is C19H34IN5O2. The molecule has 1 heterocycles. The number of hydrogen-bond acceptors (Lipinski definition) is 5. The molecule has 0 radical (unpaired) electrons. The zero-order chi connectivity index (χ0) is 18.8. The van der Waals surface area contributed by atoms with Crippen molar-refractivity contribution in [1.82, 2.24) is 10.2 Å². The molecule has 1 aromatic rings.